The second kappa shape index (κ2) is 5.71. The molecular formula is C12H18ClN3O2. The van der Waals surface area contributed by atoms with Crippen molar-refractivity contribution >= 4 is 17.6 Å². The van der Waals surface area contributed by atoms with Crippen LogP contribution in [0.4, 0.5) is 0 Å². The van der Waals surface area contributed by atoms with Gasteiger partial charge in [0.2, 0.25) is 0 Å². The summed E-state index contributed by atoms with van der Waals surface area (Å²) in [5, 5.41) is 8.15. The molecule has 1 unspecified atom stereocenters. The lowest BCUT2D eigenvalue weighted by molar-refractivity contribution is -0.146. The Morgan fingerprint density at radius 2 is 2.44 bits per heavy atom. The van der Waals surface area contributed by atoms with Crippen LogP contribution in [0.5, 0.6) is 0 Å². The Balaban J connectivity index is 2.01. The molecule has 1 aliphatic rings. The van der Waals surface area contributed by atoms with Crippen molar-refractivity contribution in [2.45, 2.75) is 45.3 Å². The summed E-state index contributed by atoms with van der Waals surface area (Å²) >= 11 is 5.95. The Bertz CT molecular complexity index is 409. The highest BCUT2D eigenvalue weighted by atomic mass is 35.5. The van der Waals surface area contributed by atoms with Crippen molar-refractivity contribution in [1.29, 1.82) is 0 Å². The fourth-order valence-corrected chi connectivity index (χ4v) is 1.90. The maximum absolute atomic E-state index is 11.8. The number of halogens is 1. The molecule has 1 heterocycles. The fourth-order valence-electron chi connectivity index (χ4n) is 1.75. The molecule has 1 atom stereocenters. The molecule has 6 heteroatoms. The normalized spacial score (nSPS) is 16.6. The Labute approximate surface area is 111 Å². The van der Waals surface area contributed by atoms with E-state index < -0.39 is 0 Å². The smallest absolute Gasteiger partial charge is 0.325 e. The summed E-state index contributed by atoms with van der Waals surface area (Å²) in [7, 11) is 0. The molecule has 1 aliphatic carbocycles. The number of nitrogens with zero attached hydrogens (tertiary/aromatic N) is 2. The summed E-state index contributed by atoms with van der Waals surface area (Å²) in [6.45, 7) is 4.48. The monoisotopic (exact) mass is 271 g/mol. The third-order valence-corrected chi connectivity index (χ3v) is 3.21. The van der Waals surface area contributed by atoms with Gasteiger partial charge in [0.15, 0.2) is 0 Å². The van der Waals surface area contributed by atoms with E-state index >= 15 is 0 Å². The fraction of sp³-hybridized carbons (Fsp3) is 0.667. The molecule has 1 fully saturated rings. The molecule has 0 saturated heterocycles. The lowest BCUT2D eigenvalue weighted by atomic mass is 10.3. The third-order valence-electron chi connectivity index (χ3n) is 2.84. The molecule has 0 aliphatic heterocycles. The molecular weight excluding hydrogens is 254 g/mol. The first-order valence-corrected chi connectivity index (χ1v) is 6.60. The lowest BCUT2D eigenvalue weighted by Crippen LogP contribution is -2.42. The molecule has 2 rings (SSSR count). The van der Waals surface area contributed by atoms with Gasteiger partial charge in [0.05, 0.1) is 23.9 Å². The third kappa shape index (κ3) is 3.46. The van der Waals surface area contributed by atoms with Crippen LogP contribution in [0.1, 0.15) is 25.5 Å². The standard InChI is InChI=1S/C12H18ClN3O2/c1-3-18-12(17)11(14-9-4-5-9)7-16-6-10(13)8(2)15-16/h6,9,11,14H,3-5,7H2,1-2H3. The predicted molar refractivity (Wildman–Crippen MR) is 68.6 cm³/mol. The van der Waals surface area contributed by atoms with E-state index in [1.807, 2.05) is 6.92 Å². The number of hydrogen-bond acceptors (Lipinski definition) is 4. The van der Waals surface area contributed by atoms with E-state index in [4.69, 9.17) is 16.3 Å². The summed E-state index contributed by atoms with van der Waals surface area (Å²) < 4.78 is 6.76. The predicted octanol–water partition coefficient (Wildman–Crippen LogP) is 1.53. The molecule has 0 spiro atoms. The minimum Gasteiger partial charge on any atom is -0.465 e. The zero-order valence-corrected chi connectivity index (χ0v) is 11.4. The van der Waals surface area contributed by atoms with Gasteiger partial charge in [0.1, 0.15) is 6.04 Å². The Morgan fingerprint density at radius 1 is 1.72 bits per heavy atom. The van der Waals surface area contributed by atoms with E-state index in [1.54, 1.807) is 17.8 Å². The highest BCUT2D eigenvalue weighted by Gasteiger charge is 2.29. The van der Waals surface area contributed by atoms with Gasteiger partial charge in [-0.15, -0.1) is 0 Å². The maximum atomic E-state index is 11.8. The highest BCUT2D eigenvalue weighted by molar-refractivity contribution is 6.31. The Hall–Kier alpha value is -1.07. The van der Waals surface area contributed by atoms with Gasteiger partial charge in [-0.25, -0.2) is 0 Å². The highest BCUT2D eigenvalue weighted by Crippen LogP contribution is 2.20. The van der Waals surface area contributed by atoms with Crippen LogP contribution in [-0.2, 0) is 16.1 Å². The largest absolute Gasteiger partial charge is 0.465 e. The first-order valence-electron chi connectivity index (χ1n) is 6.22. The summed E-state index contributed by atoms with van der Waals surface area (Å²) in [6.07, 6.45) is 3.97. The van der Waals surface area contributed by atoms with Crippen LogP contribution < -0.4 is 5.32 Å². The van der Waals surface area contributed by atoms with Crippen molar-refractivity contribution in [1.82, 2.24) is 15.1 Å². The number of carbonyl (C=O) groups excluding carboxylic acids is 1. The van der Waals surface area contributed by atoms with Crippen molar-refractivity contribution in [2.24, 2.45) is 0 Å². The summed E-state index contributed by atoms with van der Waals surface area (Å²) in [5.41, 5.74) is 0.769. The van der Waals surface area contributed by atoms with E-state index in [0.717, 1.165) is 18.5 Å². The van der Waals surface area contributed by atoms with Crippen LogP contribution in [0.3, 0.4) is 0 Å². The van der Waals surface area contributed by atoms with Crippen LogP contribution in [0.25, 0.3) is 0 Å². The molecule has 5 nitrogen and oxygen atoms in total. The van der Waals surface area contributed by atoms with Crippen LogP contribution in [0.15, 0.2) is 6.20 Å². The number of nitrogens with one attached hydrogen (secondary N) is 1. The topological polar surface area (TPSA) is 56.2 Å². The maximum Gasteiger partial charge on any atom is 0.325 e. The number of ether oxygens (including phenoxy) is 1. The first-order chi connectivity index (χ1) is 8.60. The van der Waals surface area contributed by atoms with Gasteiger partial charge >= 0.3 is 5.97 Å². The van der Waals surface area contributed by atoms with Gasteiger partial charge in [-0.05, 0) is 26.7 Å². The van der Waals surface area contributed by atoms with E-state index in [2.05, 4.69) is 10.4 Å². The average molecular weight is 272 g/mol. The summed E-state index contributed by atoms with van der Waals surface area (Å²) in [4.78, 5) is 11.8. The first kappa shape index (κ1) is 13.4. The van der Waals surface area contributed by atoms with E-state index in [0.29, 0.717) is 24.2 Å². The van der Waals surface area contributed by atoms with Gasteiger partial charge < -0.3 is 10.1 Å². The second-order valence-corrected chi connectivity index (χ2v) is 4.94. The minimum absolute atomic E-state index is 0.228. The zero-order valence-electron chi connectivity index (χ0n) is 10.6. The number of aryl methyl sites for hydroxylation is 1. The van der Waals surface area contributed by atoms with Crippen LogP contribution in [-0.4, -0.2) is 34.4 Å². The van der Waals surface area contributed by atoms with Gasteiger partial charge in [-0.2, -0.15) is 5.10 Å². The molecule has 0 bridgehead atoms. The molecule has 18 heavy (non-hydrogen) atoms. The van der Waals surface area contributed by atoms with Gasteiger partial charge in [-0.3, -0.25) is 9.48 Å². The Morgan fingerprint density at radius 3 is 2.94 bits per heavy atom. The molecule has 1 aromatic heterocycles. The van der Waals surface area contributed by atoms with Gasteiger partial charge in [0, 0.05) is 12.2 Å². The van der Waals surface area contributed by atoms with Crippen molar-refractivity contribution in [3.05, 3.63) is 16.9 Å². The summed E-state index contributed by atoms with van der Waals surface area (Å²) in [6, 6.07) is 0.0827. The van der Waals surface area contributed by atoms with Crippen molar-refractivity contribution < 1.29 is 9.53 Å². The molecule has 1 saturated carbocycles. The average Bonchev–Trinajstić information content (AvgIpc) is 3.06. The number of rotatable bonds is 6. The van der Waals surface area contributed by atoms with E-state index in [-0.39, 0.29) is 12.0 Å². The molecule has 0 aromatic carbocycles. The van der Waals surface area contributed by atoms with Crippen LogP contribution in [0, 0.1) is 6.92 Å². The molecule has 1 N–H and O–H groups in total. The molecule has 100 valence electrons. The number of aromatic nitrogens is 2. The van der Waals surface area contributed by atoms with E-state index in [1.165, 1.54) is 0 Å². The SMILES string of the molecule is CCOC(=O)C(Cn1cc(Cl)c(C)n1)NC1CC1. The van der Waals surface area contributed by atoms with Gasteiger partial charge in [-0.1, -0.05) is 11.6 Å². The second-order valence-electron chi connectivity index (χ2n) is 4.53. The van der Waals surface area contributed by atoms with Gasteiger partial charge in [0.25, 0.3) is 0 Å². The zero-order chi connectivity index (χ0) is 13.1. The molecule has 0 radical (unpaired) electrons. The number of carbonyl (C=O) groups is 1. The van der Waals surface area contributed by atoms with Crippen LogP contribution >= 0.6 is 11.6 Å². The number of esters is 1. The number of hydrogen-bond donors (Lipinski definition) is 1. The van der Waals surface area contributed by atoms with Crippen LogP contribution in [0.2, 0.25) is 5.02 Å². The lowest BCUT2D eigenvalue weighted by Gasteiger charge is -2.16. The summed E-state index contributed by atoms with van der Waals surface area (Å²) in [5.74, 6) is -0.228. The minimum atomic E-state index is -0.354. The van der Waals surface area contributed by atoms with Crippen molar-refractivity contribution in [2.75, 3.05) is 6.61 Å². The van der Waals surface area contributed by atoms with Crippen molar-refractivity contribution in [3.8, 4) is 0 Å². The van der Waals surface area contributed by atoms with E-state index in [9.17, 15) is 4.79 Å². The molecule has 1 aromatic rings. The molecule has 0 amide bonds. The van der Waals surface area contributed by atoms with Crippen molar-refractivity contribution in [3.63, 3.8) is 0 Å². The quantitative estimate of drug-likeness (QED) is 0.797. The Kier molecular flexibility index (Phi) is 4.24.